The Morgan fingerprint density at radius 2 is 1.82 bits per heavy atom. The van der Waals surface area contributed by atoms with E-state index in [1.165, 1.54) is 24.0 Å². The third-order valence-corrected chi connectivity index (χ3v) is 6.06. The van der Waals surface area contributed by atoms with Gasteiger partial charge >= 0.3 is 0 Å². The lowest BCUT2D eigenvalue weighted by molar-refractivity contribution is 0.0565. The quantitative estimate of drug-likeness (QED) is 0.687. The maximum absolute atomic E-state index is 5.31. The lowest BCUT2D eigenvalue weighted by Gasteiger charge is -2.44. The Labute approximate surface area is 168 Å². The van der Waals surface area contributed by atoms with Crippen molar-refractivity contribution in [2.45, 2.75) is 31.5 Å². The Morgan fingerprint density at radius 1 is 1.04 bits per heavy atom. The molecule has 3 nitrogen and oxygen atoms in total. The van der Waals surface area contributed by atoms with Gasteiger partial charge in [0.05, 0.1) is 7.11 Å². The van der Waals surface area contributed by atoms with Crippen LogP contribution < -0.4 is 4.74 Å². The van der Waals surface area contributed by atoms with Crippen LogP contribution in [0.2, 0.25) is 0 Å². The van der Waals surface area contributed by atoms with Crippen molar-refractivity contribution in [1.82, 2.24) is 9.80 Å². The number of rotatable bonds is 6. The Hall–Kier alpha value is -2.36. The lowest BCUT2D eigenvalue weighted by Crippen LogP contribution is -2.56. The summed E-state index contributed by atoms with van der Waals surface area (Å²) in [6, 6.07) is 20.3. The number of piperazine rings is 1. The van der Waals surface area contributed by atoms with E-state index < -0.39 is 0 Å². The third kappa shape index (κ3) is 4.21. The van der Waals surface area contributed by atoms with E-state index in [2.05, 4.69) is 83.1 Å². The predicted molar refractivity (Wildman–Crippen MR) is 116 cm³/mol. The molecule has 0 aromatic heterocycles. The number of methoxy groups -OCH3 is 1. The van der Waals surface area contributed by atoms with Crippen molar-refractivity contribution in [3.05, 3.63) is 84.0 Å². The Morgan fingerprint density at radius 3 is 2.54 bits per heavy atom. The molecule has 146 valence electrons. The summed E-state index contributed by atoms with van der Waals surface area (Å²) >= 11 is 0. The number of ether oxygens (including phenoxy) is 1. The summed E-state index contributed by atoms with van der Waals surface area (Å²) in [4.78, 5) is 5.29. The molecule has 0 amide bonds. The van der Waals surface area contributed by atoms with Crippen LogP contribution in [0.5, 0.6) is 5.75 Å². The first-order valence-electron chi connectivity index (χ1n) is 10.2. The van der Waals surface area contributed by atoms with Crippen LogP contribution in [0.1, 0.15) is 24.0 Å². The van der Waals surface area contributed by atoms with E-state index in [0.717, 1.165) is 31.9 Å². The number of fused-ring (bicyclic) bond motifs is 4. The normalized spacial score (nSPS) is 24.2. The topological polar surface area (TPSA) is 15.7 Å². The predicted octanol–water partition coefficient (Wildman–Crippen LogP) is 4.61. The van der Waals surface area contributed by atoms with E-state index in [9.17, 15) is 0 Å². The first kappa shape index (κ1) is 19.0. The summed E-state index contributed by atoms with van der Waals surface area (Å²) in [5.41, 5.74) is 4.22. The number of hydrogen-bond donors (Lipinski definition) is 0. The summed E-state index contributed by atoms with van der Waals surface area (Å²) in [5.74, 6) is 0.919. The van der Waals surface area contributed by atoms with Crippen molar-refractivity contribution in [3.8, 4) is 5.75 Å². The van der Waals surface area contributed by atoms with E-state index in [4.69, 9.17) is 4.74 Å². The fourth-order valence-corrected chi connectivity index (χ4v) is 4.59. The molecule has 3 heterocycles. The molecular weight excluding hydrogens is 344 g/mol. The van der Waals surface area contributed by atoms with E-state index >= 15 is 0 Å². The average molecular weight is 375 g/mol. The number of hydrogen-bond acceptors (Lipinski definition) is 3. The van der Waals surface area contributed by atoms with Crippen molar-refractivity contribution in [2.24, 2.45) is 0 Å². The summed E-state index contributed by atoms with van der Waals surface area (Å²) < 4.78 is 5.31. The van der Waals surface area contributed by atoms with E-state index in [1.807, 2.05) is 0 Å². The molecule has 0 aliphatic carbocycles. The Kier molecular flexibility index (Phi) is 5.94. The summed E-state index contributed by atoms with van der Waals surface area (Å²) in [6.45, 7) is 8.16. The Balaban J connectivity index is 1.60. The molecule has 2 atom stereocenters. The molecule has 0 spiro atoms. The van der Waals surface area contributed by atoms with E-state index in [0.29, 0.717) is 12.1 Å². The van der Waals surface area contributed by atoms with Gasteiger partial charge in [0.25, 0.3) is 0 Å². The van der Waals surface area contributed by atoms with Crippen molar-refractivity contribution in [2.75, 3.05) is 26.7 Å². The largest absolute Gasteiger partial charge is 0.497 e. The molecule has 2 aromatic carbocycles. The molecule has 28 heavy (non-hydrogen) atoms. The molecule has 5 rings (SSSR count). The van der Waals surface area contributed by atoms with Crippen molar-refractivity contribution >= 4 is 6.08 Å². The van der Waals surface area contributed by atoms with Gasteiger partial charge in [-0.05, 0) is 36.1 Å². The van der Waals surface area contributed by atoms with Crippen molar-refractivity contribution in [1.29, 1.82) is 0 Å². The van der Waals surface area contributed by atoms with Gasteiger partial charge in [-0.15, -0.1) is 6.58 Å². The molecule has 0 unspecified atom stereocenters. The zero-order valence-electron chi connectivity index (χ0n) is 16.8. The highest BCUT2D eigenvalue weighted by Crippen LogP contribution is 2.33. The zero-order valence-corrected chi connectivity index (χ0v) is 16.8. The van der Waals surface area contributed by atoms with Crippen molar-refractivity contribution in [3.63, 3.8) is 0 Å². The van der Waals surface area contributed by atoms with Crippen LogP contribution in [0.3, 0.4) is 0 Å². The monoisotopic (exact) mass is 374 g/mol. The highest BCUT2D eigenvalue weighted by atomic mass is 16.5. The van der Waals surface area contributed by atoms with Gasteiger partial charge in [0.1, 0.15) is 5.75 Å². The van der Waals surface area contributed by atoms with Gasteiger partial charge in [-0.25, -0.2) is 0 Å². The van der Waals surface area contributed by atoms with Crippen LogP contribution in [0.15, 0.2) is 72.8 Å². The van der Waals surface area contributed by atoms with Crippen molar-refractivity contribution < 1.29 is 4.74 Å². The second kappa shape index (κ2) is 8.76. The molecule has 0 radical (unpaired) electrons. The summed E-state index contributed by atoms with van der Waals surface area (Å²) in [6.07, 6.45) is 6.87. The molecule has 3 heteroatoms. The van der Waals surface area contributed by atoms with Gasteiger partial charge in [-0.3, -0.25) is 9.80 Å². The SMILES string of the molecule is C=CCN1C[C@H]2/C(=C\c3ccccc3)CC[C@@H]1CN2Cc1ccc(OC)cc1. The molecule has 3 aliphatic rings. The Bertz CT molecular complexity index is 812. The van der Waals surface area contributed by atoms with Crippen LogP contribution in [-0.4, -0.2) is 48.6 Å². The fourth-order valence-electron chi connectivity index (χ4n) is 4.59. The maximum Gasteiger partial charge on any atom is 0.118 e. The lowest BCUT2D eigenvalue weighted by atomic mass is 9.99. The zero-order chi connectivity index (χ0) is 19.3. The first-order chi connectivity index (χ1) is 13.8. The van der Waals surface area contributed by atoms with Gasteiger partial charge < -0.3 is 4.74 Å². The summed E-state index contributed by atoms with van der Waals surface area (Å²) in [5, 5.41) is 0. The molecule has 2 aromatic rings. The minimum absolute atomic E-state index is 0.459. The van der Waals surface area contributed by atoms with E-state index in [1.54, 1.807) is 12.7 Å². The van der Waals surface area contributed by atoms with Gasteiger partial charge in [0.15, 0.2) is 0 Å². The van der Waals surface area contributed by atoms with Crippen LogP contribution in [0.25, 0.3) is 6.08 Å². The number of nitrogens with zero attached hydrogens (tertiary/aromatic N) is 2. The molecule has 3 fully saturated rings. The minimum atomic E-state index is 0.459. The molecule has 3 saturated heterocycles. The average Bonchev–Trinajstić information content (AvgIpc) is 2.99. The second-order valence-electron chi connectivity index (χ2n) is 7.86. The third-order valence-electron chi connectivity index (χ3n) is 6.06. The van der Waals surface area contributed by atoms with Gasteiger partial charge in [-0.2, -0.15) is 0 Å². The van der Waals surface area contributed by atoms with Gasteiger partial charge in [0, 0.05) is 38.3 Å². The maximum atomic E-state index is 5.31. The van der Waals surface area contributed by atoms with Gasteiger partial charge in [0.2, 0.25) is 0 Å². The standard InChI is InChI=1S/C25H30N2O/c1-3-15-26-19-25-22(16-20-7-5-4-6-8-20)11-12-23(26)18-27(25)17-21-9-13-24(28-2)14-10-21/h3-10,13-14,16,23,25H,1,11-12,15,17-19H2,2H3/b22-16-/t23-,25+/m1/s1. The molecule has 3 aliphatic heterocycles. The molecule has 0 N–H and O–H groups in total. The molecule has 0 saturated carbocycles. The first-order valence-corrected chi connectivity index (χ1v) is 10.2. The second-order valence-corrected chi connectivity index (χ2v) is 7.86. The van der Waals surface area contributed by atoms with Gasteiger partial charge in [-0.1, -0.05) is 60.2 Å². The van der Waals surface area contributed by atoms with Crippen LogP contribution in [0.4, 0.5) is 0 Å². The highest BCUT2D eigenvalue weighted by Gasteiger charge is 2.38. The fraction of sp³-hybridized carbons (Fsp3) is 0.360. The van der Waals surface area contributed by atoms with Crippen LogP contribution in [-0.2, 0) is 6.54 Å². The highest BCUT2D eigenvalue weighted by molar-refractivity contribution is 5.54. The summed E-state index contributed by atoms with van der Waals surface area (Å²) in [7, 11) is 1.72. The minimum Gasteiger partial charge on any atom is -0.497 e. The molecule has 2 bridgehead atoms. The number of benzene rings is 2. The molecular formula is C25H30N2O. The smallest absolute Gasteiger partial charge is 0.118 e. The van der Waals surface area contributed by atoms with Crippen LogP contribution in [0, 0.1) is 0 Å². The van der Waals surface area contributed by atoms with E-state index in [-0.39, 0.29) is 0 Å². The van der Waals surface area contributed by atoms with Crippen LogP contribution >= 0.6 is 0 Å².